The zero-order valence-electron chi connectivity index (χ0n) is 19.7. The van der Waals surface area contributed by atoms with E-state index in [0.29, 0.717) is 16.4 Å². The van der Waals surface area contributed by atoms with E-state index in [1.54, 1.807) is 31.4 Å². The first kappa shape index (κ1) is 25.7. The zero-order chi connectivity index (χ0) is 25.7. The second kappa shape index (κ2) is 11.5. The fourth-order valence-corrected chi connectivity index (χ4v) is 4.95. The summed E-state index contributed by atoms with van der Waals surface area (Å²) in [6, 6.07) is 18.2. The lowest BCUT2D eigenvalue weighted by Crippen LogP contribution is -2.30. The van der Waals surface area contributed by atoms with Gasteiger partial charge in [-0.05, 0) is 65.6 Å². The van der Waals surface area contributed by atoms with Crippen LogP contribution in [0.15, 0.2) is 70.0 Å². The number of anilines is 1. The number of ether oxygens (including phenoxy) is 2. The van der Waals surface area contributed by atoms with Gasteiger partial charge in [-0.15, -0.1) is 0 Å². The van der Waals surface area contributed by atoms with Crippen molar-refractivity contribution in [2.75, 3.05) is 12.4 Å². The molecule has 0 spiro atoms. The molecule has 1 aliphatic rings. The molecule has 0 aliphatic carbocycles. The zero-order valence-corrected chi connectivity index (χ0v) is 22.1. The summed E-state index contributed by atoms with van der Waals surface area (Å²) >= 11 is 4.98. The molecule has 1 heterocycles. The molecule has 1 saturated heterocycles. The molecule has 36 heavy (non-hydrogen) atoms. The third-order valence-electron chi connectivity index (χ3n) is 5.56. The number of rotatable bonds is 9. The van der Waals surface area contributed by atoms with Gasteiger partial charge in [0, 0.05) is 10.2 Å². The highest BCUT2D eigenvalue weighted by atomic mass is 79.9. The number of hydrogen-bond acceptors (Lipinski definition) is 6. The summed E-state index contributed by atoms with van der Waals surface area (Å²) in [5.41, 5.74) is 3.74. The quantitative estimate of drug-likeness (QED) is 0.276. The molecule has 0 bridgehead atoms. The van der Waals surface area contributed by atoms with Crippen molar-refractivity contribution < 1.29 is 24.2 Å². The highest BCUT2D eigenvalue weighted by Crippen LogP contribution is 2.37. The molecule has 1 amide bonds. The lowest BCUT2D eigenvalue weighted by Gasteiger charge is -2.13. The SMILES string of the molecule is CCc1ccc(N[C@H]2NC(=O)/C(=C/c3cc(OC)c(OCc4ccc(C(=O)O)cc4)cc3Br)S2)cc1. The summed E-state index contributed by atoms with van der Waals surface area (Å²) in [5.74, 6) is -0.0907. The Morgan fingerprint density at radius 1 is 1.11 bits per heavy atom. The number of benzene rings is 3. The fourth-order valence-electron chi connectivity index (χ4n) is 3.53. The van der Waals surface area contributed by atoms with Gasteiger partial charge in [0.05, 0.1) is 17.6 Å². The van der Waals surface area contributed by atoms with Crippen molar-refractivity contribution in [1.29, 1.82) is 0 Å². The maximum absolute atomic E-state index is 12.6. The Balaban J connectivity index is 1.45. The van der Waals surface area contributed by atoms with Crippen LogP contribution >= 0.6 is 27.7 Å². The number of carboxylic acid groups (broad SMARTS) is 1. The van der Waals surface area contributed by atoms with Crippen LogP contribution in [-0.2, 0) is 17.8 Å². The topological polar surface area (TPSA) is 96.9 Å². The van der Waals surface area contributed by atoms with Crippen LogP contribution in [0.2, 0.25) is 0 Å². The molecule has 7 nitrogen and oxygen atoms in total. The number of methoxy groups -OCH3 is 1. The third kappa shape index (κ3) is 6.22. The smallest absolute Gasteiger partial charge is 0.335 e. The van der Waals surface area contributed by atoms with E-state index in [9.17, 15) is 9.59 Å². The third-order valence-corrected chi connectivity index (χ3v) is 7.27. The van der Waals surface area contributed by atoms with Gasteiger partial charge in [-0.1, -0.05) is 58.9 Å². The summed E-state index contributed by atoms with van der Waals surface area (Å²) in [7, 11) is 1.55. The average molecular weight is 569 g/mol. The van der Waals surface area contributed by atoms with Gasteiger partial charge in [0.1, 0.15) is 6.61 Å². The number of aryl methyl sites for hydroxylation is 1. The number of amides is 1. The molecule has 3 aromatic rings. The van der Waals surface area contributed by atoms with E-state index in [1.165, 1.54) is 29.5 Å². The van der Waals surface area contributed by atoms with E-state index >= 15 is 0 Å². The van der Waals surface area contributed by atoms with Crippen molar-refractivity contribution in [3.63, 3.8) is 0 Å². The minimum Gasteiger partial charge on any atom is -0.493 e. The predicted octanol–water partition coefficient (Wildman–Crippen LogP) is 5.90. The Hall–Kier alpha value is -3.43. The number of carboxylic acids is 1. The van der Waals surface area contributed by atoms with Crippen LogP contribution in [0.25, 0.3) is 6.08 Å². The molecule has 1 atom stereocenters. The van der Waals surface area contributed by atoms with Gasteiger partial charge in [-0.2, -0.15) is 0 Å². The first-order valence-corrected chi connectivity index (χ1v) is 12.9. The van der Waals surface area contributed by atoms with Crippen LogP contribution < -0.4 is 20.1 Å². The van der Waals surface area contributed by atoms with Crippen LogP contribution in [0.1, 0.15) is 34.0 Å². The molecule has 3 N–H and O–H groups in total. The number of carbonyl (C=O) groups excluding carboxylic acids is 1. The first-order chi connectivity index (χ1) is 17.4. The number of halogens is 1. The van der Waals surface area contributed by atoms with Crippen molar-refractivity contribution in [3.8, 4) is 11.5 Å². The Bertz CT molecular complexity index is 1290. The molecule has 1 aliphatic heterocycles. The lowest BCUT2D eigenvalue weighted by molar-refractivity contribution is -0.116. The largest absolute Gasteiger partial charge is 0.493 e. The van der Waals surface area contributed by atoms with E-state index in [2.05, 4.69) is 45.6 Å². The Kier molecular flexibility index (Phi) is 8.22. The van der Waals surface area contributed by atoms with Crippen LogP contribution in [-0.4, -0.2) is 29.6 Å². The number of aromatic carboxylic acids is 1. The van der Waals surface area contributed by atoms with Crippen molar-refractivity contribution in [3.05, 3.63) is 92.3 Å². The number of carbonyl (C=O) groups is 2. The fraction of sp³-hybridized carbons (Fsp3) is 0.185. The van der Waals surface area contributed by atoms with Gasteiger partial charge >= 0.3 is 5.97 Å². The van der Waals surface area contributed by atoms with Crippen molar-refractivity contribution >= 4 is 51.3 Å². The highest BCUT2D eigenvalue weighted by Gasteiger charge is 2.27. The summed E-state index contributed by atoms with van der Waals surface area (Å²) < 4.78 is 12.2. The maximum Gasteiger partial charge on any atom is 0.335 e. The monoisotopic (exact) mass is 568 g/mol. The standard InChI is InChI=1S/C27H25BrN2O5S/c1-3-16-6-10-20(11-7-16)29-27-30-25(31)24(36-27)13-19-12-22(34-2)23(14-21(19)28)35-15-17-4-8-18(9-5-17)26(32)33/h4-14,27,29H,3,15H2,1-2H3,(H,30,31)(H,32,33)/b24-13-/t27-/m0/s1. The summed E-state index contributed by atoms with van der Waals surface area (Å²) in [6.07, 6.45) is 2.78. The van der Waals surface area contributed by atoms with Crippen LogP contribution in [0, 0.1) is 0 Å². The first-order valence-electron chi connectivity index (χ1n) is 11.2. The molecule has 186 valence electrons. The van der Waals surface area contributed by atoms with E-state index in [4.69, 9.17) is 14.6 Å². The summed E-state index contributed by atoms with van der Waals surface area (Å²) in [4.78, 5) is 24.2. The van der Waals surface area contributed by atoms with Gasteiger partial charge in [-0.25, -0.2) is 4.79 Å². The molecule has 0 saturated carbocycles. The highest BCUT2D eigenvalue weighted by molar-refractivity contribution is 9.10. The number of nitrogens with one attached hydrogen (secondary N) is 2. The molecule has 0 unspecified atom stereocenters. The number of thioether (sulfide) groups is 1. The molecule has 0 aromatic heterocycles. The molecule has 0 radical (unpaired) electrons. The Morgan fingerprint density at radius 3 is 2.44 bits per heavy atom. The predicted molar refractivity (Wildman–Crippen MR) is 145 cm³/mol. The van der Waals surface area contributed by atoms with Crippen molar-refractivity contribution in [2.24, 2.45) is 0 Å². The molecule has 4 rings (SSSR count). The normalized spacial score (nSPS) is 16.0. The average Bonchev–Trinajstić information content (AvgIpc) is 3.22. The molecular formula is C27H25BrN2O5S. The van der Waals surface area contributed by atoms with Gasteiger partial charge < -0.3 is 25.2 Å². The van der Waals surface area contributed by atoms with E-state index in [1.807, 2.05) is 18.2 Å². The Labute approximate surface area is 222 Å². The molecule has 3 aromatic carbocycles. The van der Waals surface area contributed by atoms with E-state index in [-0.39, 0.29) is 23.6 Å². The van der Waals surface area contributed by atoms with Crippen molar-refractivity contribution in [1.82, 2.24) is 5.32 Å². The van der Waals surface area contributed by atoms with E-state index < -0.39 is 5.97 Å². The summed E-state index contributed by atoms with van der Waals surface area (Å²) in [5, 5.41) is 15.3. The second-order valence-electron chi connectivity index (χ2n) is 7.99. The van der Waals surface area contributed by atoms with Gasteiger partial charge in [0.15, 0.2) is 17.0 Å². The van der Waals surface area contributed by atoms with Gasteiger partial charge in [-0.3, -0.25) is 4.79 Å². The minimum atomic E-state index is -0.973. The molecular weight excluding hydrogens is 544 g/mol. The summed E-state index contributed by atoms with van der Waals surface area (Å²) in [6.45, 7) is 2.36. The number of hydrogen-bond donors (Lipinski definition) is 3. The maximum atomic E-state index is 12.6. The Morgan fingerprint density at radius 2 is 1.81 bits per heavy atom. The van der Waals surface area contributed by atoms with Crippen LogP contribution in [0.3, 0.4) is 0 Å². The van der Waals surface area contributed by atoms with E-state index in [0.717, 1.165) is 27.7 Å². The van der Waals surface area contributed by atoms with Crippen LogP contribution in [0.4, 0.5) is 5.69 Å². The van der Waals surface area contributed by atoms with Crippen LogP contribution in [0.5, 0.6) is 11.5 Å². The van der Waals surface area contributed by atoms with Crippen molar-refractivity contribution in [2.45, 2.75) is 25.4 Å². The van der Waals surface area contributed by atoms with Gasteiger partial charge in [0.2, 0.25) is 0 Å². The van der Waals surface area contributed by atoms with Gasteiger partial charge in [0.25, 0.3) is 5.91 Å². The molecule has 9 heteroatoms. The molecule has 1 fully saturated rings. The minimum absolute atomic E-state index is 0.154. The lowest BCUT2D eigenvalue weighted by atomic mass is 10.1. The second-order valence-corrected chi connectivity index (χ2v) is 9.99.